The molecule has 0 amide bonds. The molecule has 0 radical (unpaired) electrons. The Hall–Kier alpha value is -1.11. The van der Waals surface area contributed by atoms with Crippen LogP contribution in [-0.4, -0.2) is 34.3 Å². The first kappa shape index (κ1) is 20.9. The molecular weight excluding hydrogens is 326 g/mol. The van der Waals surface area contributed by atoms with E-state index in [0.717, 1.165) is 6.42 Å². The molecule has 0 aliphatic rings. The number of rotatable bonds is 9. The normalized spacial score (nSPS) is 13.1. The second-order valence-corrected chi connectivity index (χ2v) is 9.56. The van der Waals surface area contributed by atoms with Crippen LogP contribution in [0.25, 0.3) is 0 Å². The highest BCUT2D eigenvalue weighted by Gasteiger charge is 2.26. The molecule has 0 aliphatic carbocycles. The summed E-state index contributed by atoms with van der Waals surface area (Å²) in [7, 11) is -2.01. The van der Waals surface area contributed by atoms with Gasteiger partial charge in [0.1, 0.15) is 5.75 Å². The highest BCUT2D eigenvalue weighted by molar-refractivity contribution is 7.89. The molecule has 0 atom stereocenters. The van der Waals surface area contributed by atoms with Crippen LogP contribution in [-0.2, 0) is 14.8 Å². The average molecular weight is 358 g/mol. The maximum absolute atomic E-state index is 12.5. The predicted octanol–water partition coefficient (Wildman–Crippen LogP) is 3.60. The molecule has 0 unspecified atom stereocenters. The fourth-order valence-electron chi connectivity index (χ4n) is 2.22. The number of hydrogen-bond donors (Lipinski definition) is 1. The Morgan fingerprint density at radius 3 is 2.12 bits per heavy atom. The lowest BCUT2D eigenvalue weighted by Crippen LogP contribution is -2.43. The van der Waals surface area contributed by atoms with E-state index in [1.54, 1.807) is 31.4 Å². The van der Waals surface area contributed by atoms with Gasteiger partial charge in [-0.3, -0.25) is 0 Å². The fraction of sp³-hybridized carbons (Fsp3) is 0.667. The van der Waals surface area contributed by atoms with E-state index in [1.165, 1.54) is 0 Å². The number of hydrogen-bond acceptors (Lipinski definition) is 4. The lowest BCUT2D eigenvalue weighted by molar-refractivity contribution is 0.0664. The molecule has 0 heterocycles. The molecule has 0 aromatic heterocycles. The summed E-state index contributed by atoms with van der Waals surface area (Å²) in [6, 6.07) is 6.37. The Labute approximate surface area is 146 Å². The summed E-state index contributed by atoms with van der Waals surface area (Å²) >= 11 is 0. The molecule has 24 heavy (non-hydrogen) atoms. The summed E-state index contributed by atoms with van der Waals surface area (Å²) in [5.41, 5.74) is -0.394. The van der Waals surface area contributed by atoms with E-state index >= 15 is 0 Å². The number of ether oxygens (including phenoxy) is 2. The van der Waals surface area contributed by atoms with Crippen LogP contribution >= 0.6 is 0 Å². The van der Waals surface area contributed by atoms with Gasteiger partial charge in [-0.25, -0.2) is 13.1 Å². The summed E-state index contributed by atoms with van der Waals surface area (Å²) in [5.74, 6) is 0.629. The van der Waals surface area contributed by atoms with Crippen LogP contribution in [0.15, 0.2) is 29.2 Å². The number of methoxy groups -OCH3 is 1. The number of nitrogens with one attached hydrogen (secondary N) is 1. The number of benzene rings is 1. The minimum Gasteiger partial charge on any atom is -0.497 e. The highest BCUT2D eigenvalue weighted by atomic mass is 32.2. The van der Waals surface area contributed by atoms with Crippen molar-refractivity contribution in [1.29, 1.82) is 0 Å². The molecule has 0 fully saturated rings. The molecule has 0 saturated carbocycles. The molecule has 0 bridgehead atoms. The molecule has 1 aromatic carbocycles. The summed E-state index contributed by atoms with van der Waals surface area (Å²) in [6.07, 6.45) is 1.50. The van der Waals surface area contributed by atoms with Crippen LogP contribution in [0.1, 0.15) is 47.5 Å². The van der Waals surface area contributed by atoms with E-state index in [0.29, 0.717) is 25.4 Å². The third kappa shape index (κ3) is 7.64. The highest BCUT2D eigenvalue weighted by Crippen LogP contribution is 2.20. The first-order chi connectivity index (χ1) is 11.0. The summed E-state index contributed by atoms with van der Waals surface area (Å²) in [6.45, 7) is 11.5. The van der Waals surface area contributed by atoms with Crippen molar-refractivity contribution in [2.75, 3.05) is 20.3 Å². The van der Waals surface area contributed by atoms with E-state index in [1.807, 2.05) is 13.8 Å². The zero-order valence-corrected chi connectivity index (χ0v) is 16.5. The van der Waals surface area contributed by atoms with E-state index in [-0.39, 0.29) is 10.3 Å². The smallest absolute Gasteiger partial charge is 0.241 e. The van der Waals surface area contributed by atoms with E-state index in [2.05, 4.69) is 25.5 Å². The van der Waals surface area contributed by atoms with Gasteiger partial charge in [0, 0.05) is 12.1 Å². The van der Waals surface area contributed by atoms with Crippen molar-refractivity contribution in [3.05, 3.63) is 24.3 Å². The van der Waals surface area contributed by atoms with Crippen LogP contribution in [0.3, 0.4) is 0 Å². The van der Waals surface area contributed by atoms with Crippen LogP contribution in [0.4, 0.5) is 0 Å². The van der Waals surface area contributed by atoms with Gasteiger partial charge in [0.15, 0.2) is 0 Å². The molecule has 0 spiro atoms. The molecule has 0 saturated heterocycles. The van der Waals surface area contributed by atoms with Crippen molar-refractivity contribution in [3.63, 3.8) is 0 Å². The van der Waals surface area contributed by atoms with Gasteiger partial charge in [-0.15, -0.1) is 0 Å². The third-order valence-electron chi connectivity index (χ3n) is 3.41. The minimum absolute atomic E-state index is 0.144. The monoisotopic (exact) mass is 357 g/mol. The molecule has 1 N–H and O–H groups in total. The van der Waals surface area contributed by atoms with E-state index in [4.69, 9.17) is 9.47 Å². The van der Waals surface area contributed by atoms with Crippen molar-refractivity contribution in [2.45, 2.75) is 57.9 Å². The van der Waals surface area contributed by atoms with Crippen molar-refractivity contribution in [2.24, 2.45) is 5.41 Å². The van der Waals surface area contributed by atoms with Crippen molar-refractivity contribution >= 4 is 10.0 Å². The summed E-state index contributed by atoms with van der Waals surface area (Å²) in [4.78, 5) is 0.236. The molecular formula is C18H31NO4S. The summed E-state index contributed by atoms with van der Waals surface area (Å²) in [5, 5.41) is 0. The van der Waals surface area contributed by atoms with Gasteiger partial charge in [0.25, 0.3) is 0 Å². The molecule has 1 rings (SSSR count). The Morgan fingerprint density at radius 1 is 1.04 bits per heavy atom. The lowest BCUT2D eigenvalue weighted by Gasteiger charge is -2.26. The largest absolute Gasteiger partial charge is 0.497 e. The Kier molecular flexibility index (Phi) is 7.25. The Morgan fingerprint density at radius 2 is 1.62 bits per heavy atom. The predicted molar refractivity (Wildman–Crippen MR) is 96.9 cm³/mol. The second kappa shape index (κ2) is 8.32. The van der Waals surface area contributed by atoms with Crippen LogP contribution in [0.2, 0.25) is 0 Å². The second-order valence-electron chi connectivity index (χ2n) is 7.88. The Bertz CT molecular complexity index is 601. The first-order valence-electron chi connectivity index (χ1n) is 8.21. The van der Waals surface area contributed by atoms with Gasteiger partial charge in [0.2, 0.25) is 10.0 Å². The van der Waals surface area contributed by atoms with Gasteiger partial charge in [-0.2, -0.15) is 0 Å². The molecule has 1 aromatic rings. The maximum atomic E-state index is 12.5. The van der Waals surface area contributed by atoms with Gasteiger partial charge < -0.3 is 9.47 Å². The van der Waals surface area contributed by atoms with Crippen molar-refractivity contribution < 1.29 is 17.9 Å². The van der Waals surface area contributed by atoms with Crippen LogP contribution in [0, 0.1) is 5.41 Å². The van der Waals surface area contributed by atoms with E-state index < -0.39 is 15.6 Å². The topological polar surface area (TPSA) is 64.6 Å². The quantitative estimate of drug-likeness (QED) is 0.686. The van der Waals surface area contributed by atoms with E-state index in [9.17, 15) is 8.42 Å². The molecule has 138 valence electrons. The van der Waals surface area contributed by atoms with Crippen molar-refractivity contribution in [1.82, 2.24) is 4.72 Å². The standard InChI is InChI=1S/C18H31NO4S/c1-17(2,3)14-23-13-7-12-18(4,5)19-24(20,21)16-10-8-15(22-6)9-11-16/h8-11,19H,7,12-14H2,1-6H3. The van der Waals surface area contributed by atoms with Gasteiger partial charge >= 0.3 is 0 Å². The molecule has 6 heteroatoms. The summed E-state index contributed by atoms with van der Waals surface area (Å²) < 4.78 is 38.4. The first-order valence-corrected chi connectivity index (χ1v) is 9.69. The SMILES string of the molecule is COc1ccc(S(=O)(=O)NC(C)(C)CCCOCC(C)(C)C)cc1. The average Bonchev–Trinajstić information content (AvgIpc) is 2.44. The lowest BCUT2D eigenvalue weighted by atomic mass is 9.98. The number of sulfonamides is 1. The van der Waals surface area contributed by atoms with Crippen LogP contribution in [0.5, 0.6) is 5.75 Å². The molecule has 5 nitrogen and oxygen atoms in total. The molecule has 0 aliphatic heterocycles. The van der Waals surface area contributed by atoms with Crippen LogP contribution < -0.4 is 9.46 Å². The third-order valence-corrected chi connectivity index (χ3v) is 5.12. The fourth-order valence-corrected chi connectivity index (χ4v) is 3.66. The van der Waals surface area contributed by atoms with Crippen molar-refractivity contribution in [3.8, 4) is 5.75 Å². The van der Waals surface area contributed by atoms with Gasteiger partial charge in [0.05, 0.1) is 18.6 Å². The Balaban J connectivity index is 2.54. The maximum Gasteiger partial charge on any atom is 0.241 e. The zero-order valence-electron chi connectivity index (χ0n) is 15.7. The zero-order chi connectivity index (χ0) is 18.4. The minimum atomic E-state index is -3.56. The van der Waals surface area contributed by atoms with Gasteiger partial charge in [-0.05, 0) is 56.4 Å². The van der Waals surface area contributed by atoms with Gasteiger partial charge in [-0.1, -0.05) is 20.8 Å².